The lowest BCUT2D eigenvalue weighted by Gasteiger charge is -2.32. The van der Waals surface area contributed by atoms with Crippen LogP contribution in [0.1, 0.15) is 18.4 Å². The van der Waals surface area contributed by atoms with Crippen LogP contribution >= 0.6 is 0 Å². The van der Waals surface area contributed by atoms with Crippen molar-refractivity contribution in [3.63, 3.8) is 0 Å². The molecule has 2 N–H and O–H groups in total. The van der Waals surface area contributed by atoms with Gasteiger partial charge in [-0.25, -0.2) is 8.42 Å². The van der Waals surface area contributed by atoms with Gasteiger partial charge in [-0.3, -0.25) is 9.59 Å². The summed E-state index contributed by atoms with van der Waals surface area (Å²) in [5.74, 6) is -0.0481. The van der Waals surface area contributed by atoms with Crippen molar-refractivity contribution in [1.82, 2.24) is 4.31 Å². The molecular weight excluding hydrogens is 434 g/mol. The van der Waals surface area contributed by atoms with Crippen molar-refractivity contribution in [2.24, 2.45) is 5.92 Å². The van der Waals surface area contributed by atoms with Gasteiger partial charge >= 0.3 is 0 Å². The first-order chi connectivity index (χ1) is 15.3. The second-order valence-corrected chi connectivity index (χ2v) is 9.78. The predicted molar refractivity (Wildman–Crippen MR) is 118 cm³/mol. The average molecular weight is 460 g/mol. The molecule has 10 heteroatoms. The summed E-state index contributed by atoms with van der Waals surface area (Å²) in [4.78, 5) is 24.5. The van der Waals surface area contributed by atoms with Gasteiger partial charge in [0.15, 0.2) is 6.61 Å². The molecule has 2 amide bonds. The van der Waals surface area contributed by atoms with Crippen molar-refractivity contribution in [3.8, 4) is 11.5 Å². The van der Waals surface area contributed by atoms with Gasteiger partial charge < -0.3 is 20.1 Å². The molecule has 0 radical (unpaired) electrons. The standard InChI is InChI=1S/C22H25N3O6S/c1-14-9-18-19(31-13-21(26)24-18)11-20(14)32(28,29)25-8-4-5-15(12-25)22(27)23-16-6-3-7-17(10-16)30-2/h3,6-7,9-11,15H,4-5,8,12-13H2,1-2H3,(H,23,27)(H,24,26)/t15-/m0/s1. The van der Waals surface area contributed by atoms with Crippen LogP contribution in [0.25, 0.3) is 0 Å². The van der Waals surface area contributed by atoms with Crippen LogP contribution in [0.5, 0.6) is 11.5 Å². The zero-order valence-corrected chi connectivity index (χ0v) is 18.7. The van der Waals surface area contributed by atoms with Crippen LogP contribution in [-0.4, -0.2) is 51.3 Å². The molecule has 1 fully saturated rings. The number of hydrogen-bond donors (Lipinski definition) is 2. The van der Waals surface area contributed by atoms with Crippen molar-refractivity contribution >= 4 is 33.2 Å². The molecule has 1 saturated heterocycles. The number of fused-ring (bicyclic) bond motifs is 1. The number of rotatable bonds is 5. The number of amides is 2. The van der Waals surface area contributed by atoms with E-state index >= 15 is 0 Å². The predicted octanol–water partition coefficient (Wildman–Crippen LogP) is 2.37. The van der Waals surface area contributed by atoms with Gasteiger partial charge in [-0.15, -0.1) is 0 Å². The molecule has 0 saturated carbocycles. The van der Waals surface area contributed by atoms with Gasteiger partial charge in [0, 0.05) is 30.9 Å². The summed E-state index contributed by atoms with van der Waals surface area (Å²) in [6, 6.07) is 10.1. The highest BCUT2D eigenvalue weighted by atomic mass is 32.2. The number of piperidine rings is 1. The summed E-state index contributed by atoms with van der Waals surface area (Å²) >= 11 is 0. The first-order valence-corrected chi connectivity index (χ1v) is 11.7. The Hall–Kier alpha value is -3.11. The third kappa shape index (κ3) is 4.42. The second-order valence-electron chi connectivity index (χ2n) is 7.87. The van der Waals surface area contributed by atoms with Gasteiger partial charge in [0.25, 0.3) is 5.91 Å². The molecule has 170 valence electrons. The van der Waals surface area contributed by atoms with E-state index in [0.717, 1.165) is 0 Å². The maximum atomic E-state index is 13.4. The number of nitrogens with zero attached hydrogens (tertiary/aromatic N) is 1. The number of ether oxygens (including phenoxy) is 2. The van der Waals surface area contributed by atoms with Gasteiger partial charge in [-0.2, -0.15) is 4.31 Å². The number of carbonyl (C=O) groups excluding carboxylic acids is 2. The van der Waals surface area contributed by atoms with E-state index in [9.17, 15) is 18.0 Å². The smallest absolute Gasteiger partial charge is 0.262 e. The van der Waals surface area contributed by atoms with E-state index < -0.39 is 15.9 Å². The number of nitrogens with one attached hydrogen (secondary N) is 2. The van der Waals surface area contributed by atoms with Crippen molar-refractivity contribution in [2.75, 3.05) is 37.4 Å². The highest BCUT2D eigenvalue weighted by Crippen LogP contribution is 2.35. The minimum atomic E-state index is -3.85. The SMILES string of the molecule is COc1cccc(NC(=O)[C@H]2CCCN(S(=O)(=O)c3cc4c(cc3C)NC(=O)CO4)C2)c1. The number of methoxy groups -OCH3 is 1. The largest absolute Gasteiger partial charge is 0.497 e. The Morgan fingerprint density at radius 1 is 1.28 bits per heavy atom. The van der Waals surface area contributed by atoms with Crippen molar-refractivity contribution in [1.29, 1.82) is 0 Å². The van der Waals surface area contributed by atoms with Crippen molar-refractivity contribution in [2.45, 2.75) is 24.7 Å². The molecule has 0 unspecified atom stereocenters. The van der Waals surface area contributed by atoms with Crippen LogP contribution in [0.4, 0.5) is 11.4 Å². The molecule has 2 heterocycles. The summed E-state index contributed by atoms with van der Waals surface area (Å²) in [7, 11) is -2.30. The lowest BCUT2D eigenvalue weighted by Crippen LogP contribution is -2.43. The fourth-order valence-corrected chi connectivity index (χ4v) is 5.70. The average Bonchev–Trinajstić information content (AvgIpc) is 2.78. The van der Waals surface area contributed by atoms with Crippen LogP contribution in [0, 0.1) is 12.8 Å². The van der Waals surface area contributed by atoms with Crippen LogP contribution in [0.3, 0.4) is 0 Å². The van der Waals surface area contributed by atoms with Gasteiger partial charge in [0.1, 0.15) is 11.5 Å². The lowest BCUT2D eigenvalue weighted by molar-refractivity contribution is -0.121. The van der Waals surface area contributed by atoms with Gasteiger partial charge in [-0.1, -0.05) is 6.07 Å². The molecule has 0 bridgehead atoms. The Balaban J connectivity index is 1.52. The van der Waals surface area contributed by atoms with Gasteiger partial charge in [0.2, 0.25) is 15.9 Å². The zero-order chi connectivity index (χ0) is 22.9. The van der Waals surface area contributed by atoms with E-state index in [-0.39, 0.29) is 29.9 Å². The van der Waals surface area contributed by atoms with E-state index in [1.807, 2.05) is 0 Å². The van der Waals surface area contributed by atoms with Crippen molar-refractivity contribution < 1.29 is 27.5 Å². The summed E-state index contributed by atoms with van der Waals surface area (Å²) < 4.78 is 38.7. The molecule has 9 nitrogen and oxygen atoms in total. The number of aryl methyl sites for hydroxylation is 1. The molecule has 0 spiro atoms. The molecule has 2 aromatic rings. The Morgan fingerprint density at radius 3 is 2.88 bits per heavy atom. The van der Waals surface area contributed by atoms with Crippen LogP contribution in [0.2, 0.25) is 0 Å². The Bertz CT molecular complexity index is 1160. The van der Waals surface area contributed by atoms with Crippen LogP contribution in [-0.2, 0) is 19.6 Å². The topological polar surface area (TPSA) is 114 Å². The van der Waals surface area contributed by atoms with Gasteiger partial charge in [-0.05, 0) is 43.5 Å². The third-order valence-corrected chi connectivity index (χ3v) is 7.63. The highest BCUT2D eigenvalue weighted by Gasteiger charge is 2.35. The van der Waals surface area contributed by atoms with E-state index in [0.29, 0.717) is 47.8 Å². The minimum absolute atomic E-state index is 0.0895. The fraction of sp³-hybridized carbons (Fsp3) is 0.364. The third-order valence-electron chi connectivity index (χ3n) is 5.62. The number of sulfonamides is 1. The van der Waals surface area contributed by atoms with E-state index in [1.165, 1.54) is 10.4 Å². The second kappa shape index (κ2) is 8.79. The van der Waals surface area contributed by atoms with E-state index in [2.05, 4.69) is 10.6 Å². The molecule has 1 atom stereocenters. The lowest BCUT2D eigenvalue weighted by atomic mass is 9.98. The molecule has 0 aromatic heterocycles. The molecule has 2 aliphatic rings. The Labute approximate surface area is 186 Å². The van der Waals surface area contributed by atoms with E-state index in [4.69, 9.17) is 9.47 Å². The first kappa shape index (κ1) is 22.1. The molecule has 2 aromatic carbocycles. The minimum Gasteiger partial charge on any atom is -0.497 e. The number of carbonyl (C=O) groups is 2. The first-order valence-electron chi connectivity index (χ1n) is 10.3. The van der Waals surface area contributed by atoms with Gasteiger partial charge in [0.05, 0.1) is 23.6 Å². The summed E-state index contributed by atoms with van der Waals surface area (Å²) in [6.07, 6.45) is 1.17. The summed E-state index contributed by atoms with van der Waals surface area (Å²) in [6.45, 7) is 1.93. The Morgan fingerprint density at radius 2 is 2.09 bits per heavy atom. The number of benzene rings is 2. The van der Waals surface area contributed by atoms with Crippen LogP contribution in [0.15, 0.2) is 41.3 Å². The normalized spacial score (nSPS) is 18.8. The van der Waals surface area contributed by atoms with E-state index in [1.54, 1.807) is 44.4 Å². The summed E-state index contributed by atoms with van der Waals surface area (Å²) in [5.41, 5.74) is 1.54. The molecule has 0 aliphatic carbocycles. The maximum Gasteiger partial charge on any atom is 0.262 e. The molecule has 4 rings (SSSR count). The quantitative estimate of drug-likeness (QED) is 0.710. The monoisotopic (exact) mass is 459 g/mol. The highest BCUT2D eigenvalue weighted by molar-refractivity contribution is 7.89. The molecular formula is C22H25N3O6S. The molecule has 2 aliphatic heterocycles. The summed E-state index contributed by atoms with van der Waals surface area (Å²) in [5, 5.41) is 5.53. The zero-order valence-electron chi connectivity index (χ0n) is 17.9. The number of hydrogen-bond acceptors (Lipinski definition) is 6. The fourth-order valence-electron chi connectivity index (χ4n) is 3.95. The Kier molecular flexibility index (Phi) is 6.07. The molecule has 32 heavy (non-hydrogen) atoms. The van der Waals surface area contributed by atoms with Crippen molar-refractivity contribution in [3.05, 3.63) is 42.0 Å². The number of anilines is 2. The maximum absolute atomic E-state index is 13.4. The van der Waals surface area contributed by atoms with Crippen LogP contribution < -0.4 is 20.1 Å².